The maximum atomic E-state index is 11.1. The molecule has 66 valence electrons. The van der Waals surface area contributed by atoms with Crippen molar-refractivity contribution < 1.29 is 4.57 Å². The van der Waals surface area contributed by atoms with Crippen molar-refractivity contribution in [2.45, 2.75) is 12.8 Å². The molecule has 0 aliphatic rings. The fourth-order valence-corrected chi connectivity index (χ4v) is 1.36. The molecule has 0 fully saturated rings. The van der Waals surface area contributed by atoms with Gasteiger partial charge in [-0.2, -0.15) is 0 Å². The second-order valence-electron chi connectivity index (χ2n) is 2.78. The lowest BCUT2D eigenvalue weighted by Gasteiger charge is -2.01. The Labute approximate surface area is 67.5 Å². The quantitative estimate of drug-likeness (QED) is 0.375. The van der Waals surface area contributed by atoms with E-state index in [1.165, 1.54) is 0 Å². The van der Waals surface area contributed by atoms with Crippen molar-refractivity contribution in [3.8, 4) is 0 Å². The highest BCUT2D eigenvalue weighted by molar-refractivity contribution is 7.61. The van der Waals surface area contributed by atoms with Gasteiger partial charge in [0.05, 0.1) is 0 Å². The zero-order valence-corrected chi connectivity index (χ0v) is 7.97. The molecule has 0 saturated carbocycles. The summed E-state index contributed by atoms with van der Waals surface area (Å²) in [6.45, 7) is 3.76. The van der Waals surface area contributed by atoms with E-state index in [1.807, 2.05) is 0 Å². The molecule has 0 radical (unpaired) electrons. The molecule has 0 saturated heterocycles. The van der Waals surface area contributed by atoms with Crippen LogP contribution >= 0.6 is 7.29 Å². The minimum Gasteiger partial charge on any atom is -0.387 e. The zero-order valence-electron chi connectivity index (χ0n) is 7.08. The molecule has 0 bridgehead atoms. The average molecular weight is 177 g/mol. The summed E-state index contributed by atoms with van der Waals surface area (Å²) in [5, 5.41) is 0. The average Bonchev–Trinajstić information content (AvgIpc) is 1.79. The van der Waals surface area contributed by atoms with E-state index in [0.717, 1.165) is 6.42 Å². The van der Waals surface area contributed by atoms with Gasteiger partial charge in [-0.25, -0.2) is 4.76 Å². The molecular weight excluding hydrogens is 161 g/mol. The van der Waals surface area contributed by atoms with Crippen LogP contribution in [-0.2, 0) is 4.57 Å². The van der Waals surface area contributed by atoms with Gasteiger partial charge in [0.2, 0.25) is 0 Å². The third-order valence-corrected chi connectivity index (χ3v) is 1.74. The first-order valence-corrected chi connectivity index (χ1v) is 6.11. The number of amidine groups is 1. The first-order chi connectivity index (χ1) is 4.95. The topological polar surface area (TPSA) is 81.5 Å². The van der Waals surface area contributed by atoms with Crippen LogP contribution in [0.1, 0.15) is 12.8 Å². The predicted molar refractivity (Wildman–Crippen MR) is 49.4 cm³/mol. The molecule has 0 atom stereocenters. The van der Waals surface area contributed by atoms with Gasteiger partial charge in [-0.05, 0) is 13.0 Å². The van der Waals surface area contributed by atoms with Gasteiger partial charge in [-0.3, -0.25) is 4.57 Å². The van der Waals surface area contributed by atoms with E-state index < -0.39 is 7.29 Å². The van der Waals surface area contributed by atoms with Gasteiger partial charge in [0.15, 0.2) is 7.29 Å². The van der Waals surface area contributed by atoms with E-state index in [-0.39, 0.29) is 0 Å². The van der Waals surface area contributed by atoms with E-state index >= 15 is 0 Å². The van der Waals surface area contributed by atoms with Crippen LogP contribution in [0.3, 0.4) is 0 Å². The Kier molecular flexibility index (Phi) is 4.38. The number of nitrogens with two attached hydrogens (primary N) is 2. The second-order valence-corrected chi connectivity index (χ2v) is 5.57. The largest absolute Gasteiger partial charge is 0.387 e. The van der Waals surface area contributed by atoms with Crippen LogP contribution in [0.15, 0.2) is 4.76 Å². The maximum absolute atomic E-state index is 11.1. The zero-order chi connectivity index (χ0) is 8.91. The normalized spacial score (nSPS) is 13.5. The maximum Gasteiger partial charge on any atom is 0.185 e. The number of nitrogens with zero attached hydrogens (tertiary/aromatic N) is 1. The first-order valence-electron chi connectivity index (χ1n) is 3.55. The fraction of sp³-hybridized carbons (Fsp3) is 0.833. The predicted octanol–water partition coefficient (Wildman–Crippen LogP) is 0.620. The van der Waals surface area contributed by atoms with E-state index in [4.69, 9.17) is 11.5 Å². The lowest BCUT2D eigenvalue weighted by atomic mass is 10.3. The Morgan fingerprint density at radius 1 is 1.55 bits per heavy atom. The molecule has 4 N–H and O–H groups in total. The van der Waals surface area contributed by atoms with Gasteiger partial charge >= 0.3 is 0 Å². The van der Waals surface area contributed by atoms with E-state index in [0.29, 0.717) is 18.8 Å². The first kappa shape index (κ1) is 10.7. The van der Waals surface area contributed by atoms with Crippen LogP contribution in [-0.4, -0.2) is 25.7 Å². The standard InChI is InChI=1S/C6H16N3OP/c1-11(2,10)9-6(8)4-3-5-7/h3-5,7H2,1-2H3,(H2,8,9,10). The highest BCUT2D eigenvalue weighted by atomic mass is 31.2. The van der Waals surface area contributed by atoms with Crippen molar-refractivity contribution in [3.05, 3.63) is 0 Å². The molecule has 5 heteroatoms. The summed E-state index contributed by atoms with van der Waals surface area (Å²) in [7, 11) is -2.34. The van der Waals surface area contributed by atoms with Gasteiger partial charge in [0, 0.05) is 19.8 Å². The second kappa shape index (κ2) is 4.52. The SMILES string of the molecule is CP(C)(=O)N=C(N)CCCN. The van der Waals surface area contributed by atoms with E-state index in [2.05, 4.69) is 4.76 Å². The van der Waals surface area contributed by atoms with Crippen LogP contribution in [0.25, 0.3) is 0 Å². The summed E-state index contributed by atoms with van der Waals surface area (Å²) >= 11 is 0. The summed E-state index contributed by atoms with van der Waals surface area (Å²) in [6, 6.07) is 0. The van der Waals surface area contributed by atoms with Crippen LogP contribution in [0.2, 0.25) is 0 Å². The van der Waals surface area contributed by atoms with Gasteiger partial charge in [0.1, 0.15) is 5.84 Å². The number of hydrogen-bond acceptors (Lipinski definition) is 2. The molecule has 0 heterocycles. The van der Waals surface area contributed by atoms with Crippen molar-refractivity contribution in [3.63, 3.8) is 0 Å². The molecule has 0 unspecified atom stereocenters. The van der Waals surface area contributed by atoms with Gasteiger partial charge in [-0.15, -0.1) is 0 Å². The third-order valence-electron chi connectivity index (χ3n) is 1.01. The molecule has 0 rings (SSSR count). The van der Waals surface area contributed by atoms with Crippen molar-refractivity contribution >= 4 is 13.1 Å². The summed E-state index contributed by atoms with van der Waals surface area (Å²) in [4.78, 5) is 0. The van der Waals surface area contributed by atoms with Gasteiger partial charge < -0.3 is 11.5 Å². The smallest absolute Gasteiger partial charge is 0.185 e. The Balaban J connectivity index is 3.91. The lowest BCUT2D eigenvalue weighted by Crippen LogP contribution is -2.13. The van der Waals surface area contributed by atoms with Crippen LogP contribution in [0, 0.1) is 0 Å². The van der Waals surface area contributed by atoms with Gasteiger partial charge in [0.25, 0.3) is 0 Å². The minimum atomic E-state index is -2.34. The molecule has 0 aliphatic heterocycles. The molecule has 11 heavy (non-hydrogen) atoms. The van der Waals surface area contributed by atoms with E-state index in [9.17, 15) is 4.57 Å². The lowest BCUT2D eigenvalue weighted by molar-refractivity contribution is 0.583. The number of rotatable bonds is 4. The molecule has 0 spiro atoms. The minimum absolute atomic E-state index is 0.448. The molecule has 0 aromatic heterocycles. The van der Waals surface area contributed by atoms with E-state index in [1.54, 1.807) is 13.3 Å². The van der Waals surface area contributed by atoms with Crippen molar-refractivity contribution in [2.24, 2.45) is 16.2 Å². The fourth-order valence-electron chi connectivity index (χ4n) is 0.643. The summed E-state index contributed by atoms with van der Waals surface area (Å²) in [6.07, 6.45) is 1.44. The molecule has 4 nitrogen and oxygen atoms in total. The Hall–Kier alpha value is -0.340. The van der Waals surface area contributed by atoms with Gasteiger partial charge in [-0.1, -0.05) is 0 Å². The van der Waals surface area contributed by atoms with Crippen LogP contribution in [0.4, 0.5) is 0 Å². The summed E-state index contributed by atoms with van der Waals surface area (Å²) in [5.74, 6) is 0.448. The summed E-state index contributed by atoms with van der Waals surface area (Å²) < 4.78 is 14.9. The Morgan fingerprint density at radius 3 is 2.45 bits per heavy atom. The molecule has 0 aromatic carbocycles. The highest BCUT2D eigenvalue weighted by Gasteiger charge is 2.03. The monoisotopic (exact) mass is 177 g/mol. The number of hydrogen-bond donors (Lipinski definition) is 2. The van der Waals surface area contributed by atoms with Crippen LogP contribution < -0.4 is 11.5 Å². The van der Waals surface area contributed by atoms with Crippen molar-refractivity contribution in [1.82, 2.24) is 0 Å². The molecule has 0 amide bonds. The molecular formula is C6H16N3OP. The third kappa shape index (κ3) is 7.56. The molecule has 0 aliphatic carbocycles. The van der Waals surface area contributed by atoms with Crippen molar-refractivity contribution in [2.75, 3.05) is 19.9 Å². The highest BCUT2D eigenvalue weighted by Crippen LogP contribution is 2.37. The van der Waals surface area contributed by atoms with Crippen molar-refractivity contribution in [1.29, 1.82) is 0 Å². The van der Waals surface area contributed by atoms with Crippen LogP contribution in [0.5, 0.6) is 0 Å². The Bertz CT molecular complexity index is 184. The summed E-state index contributed by atoms with van der Waals surface area (Å²) in [5.41, 5.74) is 10.7. The Morgan fingerprint density at radius 2 is 2.09 bits per heavy atom. The molecule has 0 aromatic rings.